The number of halogens is 2. The van der Waals surface area contributed by atoms with E-state index in [9.17, 15) is 18.4 Å². The molecule has 0 unspecified atom stereocenters. The van der Waals surface area contributed by atoms with E-state index in [1.54, 1.807) is 6.07 Å². The van der Waals surface area contributed by atoms with Gasteiger partial charge < -0.3 is 11.1 Å². The first-order valence-electron chi connectivity index (χ1n) is 6.47. The maximum absolute atomic E-state index is 13.7. The molecule has 0 spiro atoms. The van der Waals surface area contributed by atoms with Gasteiger partial charge in [0.2, 0.25) is 5.91 Å². The van der Waals surface area contributed by atoms with Gasteiger partial charge in [-0.2, -0.15) is 5.26 Å². The third-order valence-electron chi connectivity index (χ3n) is 3.09. The molecule has 5 nitrogen and oxygen atoms in total. The average molecular weight is 315 g/mol. The Bertz CT molecular complexity index is 815. The molecule has 1 atom stereocenters. The number of benzene rings is 2. The summed E-state index contributed by atoms with van der Waals surface area (Å²) in [6.07, 6.45) is 0. The molecule has 2 rings (SSSR count). The van der Waals surface area contributed by atoms with Crippen LogP contribution in [0.15, 0.2) is 42.5 Å². The van der Waals surface area contributed by atoms with Crippen LogP contribution in [0.3, 0.4) is 0 Å². The van der Waals surface area contributed by atoms with Crippen LogP contribution in [0.25, 0.3) is 0 Å². The molecule has 2 aromatic carbocycles. The number of nitriles is 1. The number of carbonyl (C=O) groups is 2. The van der Waals surface area contributed by atoms with Crippen LogP contribution in [0.1, 0.15) is 32.3 Å². The Kier molecular flexibility index (Phi) is 4.66. The van der Waals surface area contributed by atoms with Gasteiger partial charge in [-0.25, -0.2) is 8.78 Å². The number of amides is 2. The molecule has 116 valence electrons. The summed E-state index contributed by atoms with van der Waals surface area (Å²) in [4.78, 5) is 23.2. The topological polar surface area (TPSA) is 96.0 Å². The van der Waals surface area contributed by atoms with Crippen molar-refractivity contribution < 1.29 is 18.4 Å². The number of carbonyl (C=O) groups excluding carboxylic acids is 2. The van der Waals surface area contributed by atoms with Crippen molar-refractivity contribution in [2.45, 2.75) is 6.04 Å². The van der Waals surface area contributed by atoms with Crippen molar-refractivity contribution in [1.82, 2.24) is 5.32 Å². The summed E-state index contributed by atoms with van der Waals surface area (Å²) in [6, 6.07) is 8.68. The summed E-state index contributed by atoms with van der Waals surface area (Å²) in [5, 5.41) is 11.4. The van der Waals surface area contributed by atoms with Crippen LogP contribution >= 0.6 is 0 Å². The Labute approximate surface area is 130 Å². The molecule has 0 fully saturated rings. The van der Waals surface area contributed by atoms with Gasteiger partial charge >= 0.3 is 0 Å². The highest BCUT2D eigenvalue weighted by atomic mass is 19.1. The SMILES string of the molecule is N#C[C@@H](NC(=O)c1cccc(C(N)=O)c1)c1ccc(F)cc1F. The number of hydrogen-bond donors (Lipinski definition) is 2. The maximum Gasteiger partial charge on any atom is 0.252 e. The predicted octanol–water partition coefficient (Wildman–Crippen LogP) is 2.06. The minimum absolute atomic E-state index is 0.0871. The molecule has 3 N–H and O–H groups in total. The molecule has 0 radical (unpaired) electrons. The van der Waals surface area contributed by atoms with Crippen molar-refractivity contribution >= 4 is 11.8 Å². The van der Waals surface area contributed by atoms with Gasteiger partial charge in [-0.15, -0.1) is 0 Å². The van der Waals surface area contributed by atoms with Crippen LogP contribution in [-0.4, -0.2) is 11.8 Å². The zero-order valence-electron chi connectivity index (χ0n) is 11.7. The van der Waals surface area contributed by atoms with Gasteiger partial charge in [0.25, 0.3) is 5.91 Å². The van der Waals surface area contributed by atoms with Gasteiger partial charge in [-0.3, -0.25) is 9.59 Å². The van der Waals surface area contributed by atoms with E-state index in [2.05, 4.69) is 5.32 Å². The first-order valence-corrected chi connectivity index (χ1v) is 6.47. The van der Waals surface area contributed by atoms with Crippen LogP contribution < -0.4 is 11.1 Å². The van der Waals surface area contributed by atoms with Gasteiger partial charge in [0.15, 0.2) is 0 Å². The van der Waals surface area contributed by atoms with E-state index in [4.69, 9.17) is 11.0 Å². The van der Waals surface area contributed by atoms with E-state index in [1.807, 2.05) is 0 Å². The van der Waals surface area contributed by atoms with E-state index in [1.165, 1.54) is 24.3 Å². The van der Waals surface area contributed by atoms with Crippen LogP contribution in [0.5, 0.6) is 0 Å². The van der Waals surface area contributed by atoms with Gasteiger partial charge in [-0.1, -0.05) is 12.1 Å². The van der Waals surface area contributed by atoms with Crippen LogP contribution in [-0.2, 0) is 0 Å². The highest BCUT2D eigenvalue weighted by molar-refractivity contribution is 5.99. The van der Waals surface area contributed by atoms with Gasteiger partial charge in [0.1, 0.15) is 17.7 Å². The third kappa shape index (κ3) is 3.68. The van der Waals surface area contributed by atoms with E-state index in [0.29, 0.717) is 6.07 Å². The quantitative estimate of drug-likeness (QED) is 0.904. The number of rotatable bonds is 4. The molecule has 0 aliphatic heterocycles. The number of nitrogens with two attached hydrogens (primary N) is 1. The summed E-state index contributed by atoms with van der Waals surface area (Å²) in [5.41, 5.74) is 5.18. The van der Waals surface area contributed by atoms with Gasteiger partial charge in [0, 0.05) is 22.8 Å². The highest BCUT2D eigenvalue weighted by Crippen LogP contribution is 2.18. The highest BCUT2D eigenvalue weighted by Gasteiger charge is 2.19. The summed E-state index contributed by atoms with van der Waals surface area (Å²) < 4.78 is 26.6. The van der Waals surface area contributed by atoms with Crippen molar-refractivity contribution in [3.63, 3.8) is 0 Å². The smallest absolute Gasteiger partial charge is 0.252 e. The van der Waals surface area contributed by atoms with E-state index < -0.39 is 29.5 Å². The lowest BCUT2D eigenvalue weighted by molar-refractivity contribution is 0.0944. The molecule has 2 amide bonds. The average Bonchev–Trinajstić information content (AvgIpc) is 2.53. The lowest BCUT2D eigenvalue weighted by Gasteiger charge is -2.13. The molecule has 0 saturated carbocycles. The fourth-order valence-electron chi connectivity index (χ4n) is 1.94. The number of primary amides is 1. The minimum Gasteiger partial charge on any atom is -0.366 e. The Hall–Kier alpha value is -3.27. The standard InChI is InChI=1S/C16H11F2N3O2/c17-11-4-5-12(13(18)7-11)14(8-19)21-16(23)10-3-1-2-9(6-10)15(20)22/h1-7,14H,(H2,20,22)(H,21,23)/t14-/m1/s1. The monoisotopic (exact) mass is 315 g/mol. The second kappa shape index (κ2) is 6.66. The molecule has 0 heterocycles. The summed E-state index contributed by atoms with van der Waals surface area (Å²) in [6.45, 7) is 0. The Balaban J connectivity index is 2.25. The molecule has 23 heavy (non-hydrogen) atoms. The van der Waals surface area contributed by atoms with E-state index in [-0.39, 0.29) is 16.7 Å². The van der Waals surface area contributed by atoms with Crippen molar-refractivity contribution in [2.24, 2.45) is 5.73 Å². The molecule has 0 saturated heterocycles. The molecule has 0 aliphatic rings. The first kappa shape index (κ1) is 16.1. The Morgan fingerprint density at radius 3 is 2.43 bits per heavy atom. The minimum atomic E-state index is -1.31. The third-order valence-corrected chi connectivity index (χ3v) is 3.09. The molecule has 7 heteroatoms. The van der Waals surface area contributed by atoms with Crippen molar-refractivity contribution in [3.05, 3.63) is 70.8 Å². The lowest BCUT2D eigenvalue weighted by atomic mass is 10.1. The molecular formula is C16H11F2N3O2. The number of hydrogen-bond acceptors (Lipinski definition) is 3. The molecule has 2 aromatic rings. The zero-order valence-corrected chi connectivity index (χ0v) is 11.7. The summed E-state index contributed by atoms with van der Waals surface area (Å²) >= 11 is 0. The zero-order chi connectivity index (χ0) is 17.0. The van der Waals surface area contributed by atoms with Crippen LogP contribution in [0.2, 0.25) is 0 Å². The van der Waals surface area contributed by atoms with Crippen LogP contribution in [0, 0.1) is 23.0 Å². The van der Waals surface area contributed by atoms with Crippen LogP contribution in [0.4, 0.5) is 8.78 Å². The predicted molar refractivity (Wildman–Crippen MR) is 77.1 cm³/mol. The van der Waals surface area contributed by atoms with E-state index >= 15 is 0 Å². The summed E-state index contributed by atoms with van der Waals surface area (Å²) in [7, 11) is 0. The Morgan fingerprint density at radius 1 is 1.13 bits per heavy atom. The molecular weight excluding hydrogens is 304 g/mol. The van der Waals surface area contributed by atoms with Crippen molar-refractivity contribution in [3.8, 4) is 6.07 Å². The van der Waals surface area contributed by atoms with Gasteiger partial charge in [-0.05, 0) is 24.3 Å². The fourth-order valence-corrected chi connectivity index (χ4v) is 1.94. The second-order valence-corrected chi connectivity index (χ2v) is 4.65. The molecule has 0 aromatic heterocycles. The molecule has 0 bridgehead atoms. The Morgan fingerprint density at radius 2 is 1.83 bits per heavy atom. The second-order valence-electron chi connectivity index (χ2n) is 4.65. The normalized spacial score (nSPS) is 11.3. The largest absolute Gasteiger partial charge is 0.366 e. The lowest BCUT2D eigenvalue weighted by Crippen LogP contribution is -2.28. The van der Waals surface area contributed by atoms with Crippen molar-refractivity contribution in [2.75, 3.05) is 0 Å². The van der Waals surface area contributed by atoms with Gasteiger partial charge in [0.05, 0.1) is 6.07 Å². The number of nitrogens with zero attached hydrogens (tertiary/aromatic N) is 1. The first-order chi connectivity index (χ1) is 10.9. The number of nitrogens with one attached hydrogen (secondary N) is 1. The molecule has 0 aliphatic carbocycles. The maximum atomic E-state index is 13.7. The fraction of sp³-hybridized carbons (Fsp3) is 0.0625. The summed E-state index contributed by atoms with van der Waals surface area (Å²) in [5.74, 6) is -3.13. The van der Waals surface area contributed by atoms with E-state index in [0.717, 1.165) is 12.1 Å². The van der Waals surface area contributed by atoms with Crippen molar-refractivity contribution in [1.29, 1.82) is 5.26 Å².